The Labute approximate surface area is 90.0 Å². The lowest BCUT2D eigenvalue weighted by molar-refractivity contribution is -0.386. The van der Waals surface area contributed by atoms with Gasteiger partial charge in [-0.15, -0.1) is 0 Å². The Morgan fingerprint density at radius 1 is 1.44 bits per heavy atom. The van der Waals surface area contributed by atoms with Crippen molar-refractivity contribution in [1.29, 1.82) is 0 Å². The minimum Gasteiger partial charge on any atom is -0.303 e. The summed E-state index contributed by atoms with van der Waals surface area (Å²) >= 11 is 0. The number of alkyl halides is 2. The van der Waals surface area contributed by atoms with Crippen molar-refractivity contribution in [1.82, 2.24) is 0 Å². The van der Waals surface area contributed by atoms with Gasteiger partial charge in [0.25, 0.3) is 12.1 Å². The average Bonchev–Trinajstić information content (AvgIpc) is 2.26. The van der Waals surface area contributed by atoms with Gasteiger partial charge in [0.15, 0.2) is 0 Å². The standard InChI is InChI=1S/C10H9F2NO3/c1-6(5-14)7-2-3-8(10(11)12)9(4-7)13(15)16/h2-6,10H,1H3. The van der Waals surface area contributed by atoms with Crippen LogP contribution >= 0.6 is 0 Å². The summed E-state index contributed by atoms with van der Waals surface area (Å²) in [5, 5.41) is 10.6. The van der Waals surface area contributed by atoms with E-state index in [4.69, 9.17) is 0 Å². The minimum absolute atomic E-state index is 0.353. The molecule has 0 saturated carbocycles. The fraction of sp³-hybridized carbons (Fsp3) is 0.300. The second-order valence-electron chi connectivity index (χ2n) is 3.30. The molecular weight excluding hydrogens is 220 g/mol. The zero-order chi connectivity index (χ0) is 12.3. The first kappa shape index (κ1) is 12.2. The number of aldehydes is 1. The van der Waals surface area contributed by atoms with Crippen LogP contribution in [0.15, 0.2) is 18.2 Å². The molecule has 0 amide bonds. The lowest BCUT2D eigenvalue weighted by atomic mass is 10.00. The molecule has 1 atom stereocenters. The zero-order valence-corrected chi connectivity index (χ0v) is 8.39. The number of rotatable bonds is 4. The van der Waals surface area contributed by atoms with E-state index in [1.807, 2.05) is 0 Å². The summed E-state index contributed by atoms with van der Waals surface area (Å²) in [6, 6.07) is 3.30. The molecule has 1 aromatic rings. The van der Waals surface area contributed by atoms with Crippen LogP contribution in [0.1, 0.15) is 30.4 Å². The summed E-state index contributed by atoms with van der Waals surface area (Å²) in [7, 11) is 0. The van der Waals surface area contributed by atoms with Crippen molar-refractivity contribution >= 4 is 12.0 Å². The van der Waals surface area contributed by atoms with Crippen molar-refractivity contribution in [3.63, 3.8) is 0 Å². The van der Waals surface area contributed by atoms with Crippen LogP contribution in [0.25, 0.3) is 0 Å². The lowest BCUT2D eigenvalue weighted by Crippen LogP contribution is -2.00. The van der Waals surface area contributed by atoms with Crippen molar-refractivity contribution in [3.05, 3.63) is 39.4 Å². The smallest absolute Gasteiger partial charge is 0.278 e. The van der Waals surface area contributed by atoms with Gasteiger partial charge >= 0.3 is 0 Å². The Balaban J connectivity index is 3.28. The largest absolute Gasteiger partial charge is 0.303 e. The summed E-state index contributed by atoms with van der Waals surface area (Å²) in [6.45, 7) is 1.54. The van der Waals surface area contributed by atoms with E-state index in [2.05, 4.69) is 0 Å². The van der Waals surface area contributed by atoms with Crippen LogP contribution < -0.4 is 0 Å². The summed E-state index contributed by atoms with van der Waals surface area (Å²) in [5.41, 5.74) is -0.931. The van der Waals surface area contributed by atoms with Gasteiger partial charge in [-0.3, -0.25) is 10.1 Å². The van der Waals surface area contributed by atoms with Crippen molar-refractivity contribution in [3.8, 4) is 0 Å². The van der Waals surface area contributed by atoms with Gasteiger partial charge < -0.3 is 4.79 Å². The maximum absolute atomic E-state index is 12.4. The van der Waals surface area contributed by atoms with E-state index in [1.54, 1.807) is 0 Å². The van der Waals surface area contributed by atoms with Gasteiger partial charge in [0, 0.05) is 12.0 Å². The van der Waals surface area contributed by atoms with Gasteiger partial charge in [0.1, 0.15) is 6.29 Å². The first-order valence-corrected chi connectivity index (χ1v) is 4.49. The average molecular weight is 229 g/mol. The van der Waals surface area contributed by atoms with Crippen LogP contribution in [0.2, 0.25) is 0 Å². The predicted molar refractivity (Wildman–Crippen MR) is 52.5 cm³/mol. The second-order valence-corrected chi connectivity index (χ2v) is 3.30. The monoisotopic (exact) mass is 229 g/mol. The van der Waals surface area contributed by atoms with E-state index in [1.165, 1.54) is 13.0 Å². The van der Waals surface area contributed by atoms with Crippen LogP contribution in [0.4, 0.5) is 14.5 Å². The molecule has 1 aromatic carbocycles. The molecule has 0 heterocycles. The van der Waals surface area contributed by atoms with E-state index in [0.29, 0.717) is 11.8 Å². The van der Waals surface area contributed by atoms with Gasteiger partial charge in [-0.1, -0.05) is 13.0 Å². The maximum atomic E-state index is 12.4. The fourth-order valence-electron chi connectivity index (χ4n) is 1.27. The molecule has 0 N–H and O–H groups in total. The molecule has 0 saturated heterocycles. The van der Waals surface area contributed by atoms with Gasteiger partial charge in [0.05, 0.1) is 10.5 Å². The quantitative estimate of drug-likeness (QED) is 0.453. The molecule has 4 nitrogen and oxygen atoms in total. The molecule has 6 heteroatoms. The first-order valence-electron chi connectivity index (χ1n) is 4.49. The van der Waals surface area contributed by atoms with Gasteiger partial charge in [-0.05, 0) is 11.6 Å². The molecule has 16 heavy (non-hydrogen) atoms. The number of nitro groups is 1. The highest BCUT2D eigenvalue weighted by atomic mass is 19.3. The van der Waals surface area contributed by atoms with E-state index >= 15 is 0 Å². The van der Waals surface area contributed by atoms with E-state index in [-0.39, 0.29) is 0 Å². The second kappa shape index (κ2) is 4.78. The number of carbonyl (C=O) groups is 1. The predicted octanol–water partition coefficient (Wildman–Crippen LogP) is 2.83. The van der Waals surface area contributed by atoms with Crippen LogP contribution in [-0.2, 0) is 4.79 Å². The molecule has 0 bridgehead atoms. The summed E-state index contributed by atoms with van der Waals surface area (Å²) in [6.07, 6.45) is -2.30. The van der Waals surface area contributed by atoms with E-state index in [9.17, 15) is 23.7 Å². The molecule has 0 radical (unpaired) electrons. The third kappa shape index (κ3) is 2.39. The summed E-state index contributed by atoms with van der Waals surface area (Å²) < 4.78 is 24.9. The number of hydrogen-bond donors (Lipinski definition) is 0. The molecule has 0 aromatic heterocycles. The molecule has 0 fully saturated rings. The molecule has 0 aliphatic heterocycles. The zero-order valence-electron chi connectivity index (χ0n) is 8.39. The van der Waals surface area contributed by atoms with Crippen molar-refractivity contribution < 1.29 is 18.5 Å². The highest BCUT2D eigenvalue weighted by Gasteiger charge is 2.22. The molecule has 0 aliphatic carbocycles. The maximum Gasteiger partial charge on any atom is 0.278 e. The van der Waals surface area contributed by atoms with Crippen molar-refractivity contribution in [2.75, 3.05) is 0 Å². The molecule has 86 valence electrons. The van der Waals surface area contributed by atoms with Crippen LogP contribution in [-0.4, -0.2) is 11.2 Å². The molecule has 0 aliphatic rings. The van der Waals surface area contributed by atoms with Gasteiger partial charge in [0.2, 0.25) is 0 Å². The summed E-state index contributed by atoms with van der Waals surface area (Å²) in [5.74, 6) is -0.551. The Bertz CT molecular complexity index is 421. The van der Waals surface area contributed by atoms with Crippen molar-refractivity contribution in [2.24, 2.45) is 0 Å². The highest BCUT2D eigenvalue weighted by Crippen LogP contribution is 2.31. The Kier molecular flexibility index (Phi) is 3.65. The van der Waals surface area contributed by atoms with E-state index in [0.717, 1.165) is 12.1 Å². The number of nitrogens with zero attached hydrogens (tertiary/aromatic N) is 1. The third-order valence-corrected chi connectivity index (χ3v) is 2.22. The molecular formula is C10H9F2NO3. The minimum atomic E-state index is -2.90. The molecule has 1 unspecified atom stereocenters. The van der Waals surface area contributed by atoms with Crippen molar-refractivity contribution in [2.45, 2.75) is 19.3 Å². The van der Waals surface area contributed by atoms with Crippen LogP contribution in [0.5, 0.6) is 0 Å². The normalized spacial score (nSPS) is 12.5. The number of hydrogen-bond acceptors (Lipinski definition) is 3. The molecule has 0 spiro atoms. The highest BCUT2D eigenvalue weighted by molar-refractivity contribution is 5.62. The fourth-order valence-corrected chi connectivity index (χ4v) is 1.27. The van der Waals surface area contributed by atoms with Gasteiger partial charge in [-0.25, -0.2) is 8.78 Å². The number of nitro benzene ring substituents is 1. The SMILES string of the molecule is CC(C=O)c1ccc(C(F)F)c([N+](=O)[O-])c1. The van der Waals surface area contributed by atoms with Crippen LogP contribution in [0.3, 0.4) is 0 Å². The molecule has 1 rings (SSSR count). The number of halogens is 2. The Hall–Kier alpha value is -1.85. The Morgan fingerprint density at radius 3 is 2.50 bits per heavy atom. The lowest BCUT2D eigenvalue weighted by Gasteiger charge is -2.06. The van der Waals surface area contributed by atoms with Gasteiger partial charge in [-0.2, -0.15) is 0 Å². The first-order chi connectivity index (χ1) is 7.47. The Morgan fingerprint density at radius 2 is 2.06 bits per heavy atom. The van der Waals surface area contributed by atoms with E-state index < -0.39 is 28.5 Å². The number of benzene rings is 1. The van der Waals surface area contributed by atoms with Crippen LogP contribution in [0, 0.1) is 10.1 Å². The summed E-state index contributed by atoms with van der Waals surface area (Å²) in [4.78, 5) is 20.2. The third-order valence-electron chi connectivity index (χ3n) is 2.22. The topological polar surface area (TPSA) is 60.2 Å². The number of carbonyl (C=O) groups excluding carboxylic acids is 1.